The number of hydrogen-bond acceptors (Lipinski definition) is 3. The SMILES string of the molecule is C[C@]12CC[C@H]3[C@H](CCC4=CC(=O)CC[C@H]43)[C@@H]1CC[C@H]2C(=O)CO. The van der Waals surface area contributed by atoms with E-state index in [0.717, 1.165) is 50.4 Å². The molecule has 0 aromatic carbocycles. The van der Waals surface area contributed by atoms with Gasteiger partial charge < -0.3 is 5.11 Å². The summed E-state index contributed by atoms with van der Waals surface area (Å²) in [6.45, 7) is 2.02. The Morgan fingerprint density at radius 2 is 2.00 bits per heavy atom. The number of fused-ring (bicyclic) bond motifs is 5. The highest BCUT2D eigenvalue weighted by atomic mass is 16.3. The van der Waals surface area contributed by atoms with Gasteiger partial charge in [0.25, 0.3) is 0 Å². The molecule has 4 rings (SSSR count). The fraction of sp³-hybridized carbons (Fsp3) is 0.800. The molecule has 0 radical (unpaired) electrons. The number of carbonyl (C=O) groups excluding carboxylic acids is 2. The lowest BCUT2D eigenvalue weighted by Gasteiger charge is -2.53. The van der Waals surface area contributed by atoms with Crippen LogP contribution in [-0.2, 0) is 9.59 Å². The Morgan fingerprint density at radius 1 is 1.17 bits per heavy atom. The number of aliphatic hydroxyl groups excluding tert-OH is 1. The van der Waals surface area contributed by atoms with Gasteiger partial charge in [-0.25, -0.2) is 0 Å². The van der Waals surface area contributed by atoms with Crippen molar-refractivity contribution in [1.82, 2.24) is 0 Å². The van der Waals surface area contributed by atoms with Gasteiger partial charge in [-0.3, -0.25) is 9.59 Å². The number of hydrogen-bond donors (Lipinski definition) is 1. The average molecular weight is 316 g/mol. The van der Waals surface area contributed by atoms with E-state index >= 15 is 0 Å². The Kier molecular flexibility index (Phi) is 3.75. The molecule has 0 saturated heterocycles. The highest BCUT2D eigenvalue weighted by molar-refractivity contribution is 5.91. The van der Waals surface area contributed by atoms with Crippen LogP contribution in [0, 0.1) is 35.0 Å². The standard InChI is InChI=1S/C20H28O3/c1-20-9-8-15-14-5-3-13(22)10-12(14)2-4-16(15)17(20)6-7-18(20)19(23)11-21/h10,14-18,21H,2-9,11H2,1H3/t14-,15-,16+,17+,18+,20+/m1/s1. The molecule has 0 aromatic rings. The molecule has 0 bridgehead atoms. The summed E-state index contributed by atoms with van der Waals surface area (Å²) in [5.74, 6) is 3.18. The maximum absolute atomic E-state index is 12.2. The second kappa shape index (κ2) is 5.54. The van der Waals surface area contributed by atoms with E-state index in [1.54, 1.807) is 0 Å². The van der Waals surface area contributed by atoms with E-state index in [2.05, 4.69) is 6.92 Å². The molecule has 3 saturated carbocycles. The lowest BCUT2D eigenvalue weighted by molar-refractivity contribution is -0.132. The number of aliphatic hydroxyl groups is 1. The fourth-order valence-electron chi connectivity index (χ4n) is 6.82. The van der Waals surface area contributed by atoms with Gasteiger partial charge in [0.1, 0.15) is 6.61 Å². The Hall–Kier alpha value is -0.960. The summed E-state index contributed by atoms with van der Waals surface area (Å²) in [6, 6.07) is 0. The fourth-order valence-corrected chi connectivity index (χ4v) is 6.82. The summed E-state index contributed by atoms with van der Waals surface area (Å²) in [5, 5.41) is 9.32. The van der Waals surface area contributed by atoms with Crippen molar-refractivity contribution in [2.45, 2.75) is 58.3 Å². The van der Waals surface area contributed by atoms with Crippen LogP contribution in [0.4, 0.5) is 0 Å². The number of rotatable bonds is 2. The van der Waals surface area contributed by atoms with E-state index in [1.165, 1.54) is 18.4 Å². The molecule has 0 spiro atoms. The maximum atomic E-state index is 12.2. The van der Waals surface area contributed by atoms with Crippen molar-refractivity contribution < 1.29 is 14.7 Å². The molecule has 4 aliphatic rings. The molecule has 126 valence electrons. The van der Waals surface area contributed by atoms with Crippen molar-refractivity contribution >= 4 is 11.6 Å². The zero-order chi connectivity index (χ0) is 16.2. The predicted molar refractivity (Wildman–Crippen MR) is 87.7 cm³/mol. The molecule has 3 fully saturated rings. The molecule has 0 aromatic heterocycles. The van der Waals surface area contributed by atoms with Gasteiger partial charge in [-0.05, 0) is 80.1 Å². The number of Topliss-reactive ketones (excluding diaryl/α,β-unsaturated/α-hetero) is 1. The first-order chi connectivity index (χ1) is 11.0. The van der Waals surface area contributed by atoms with Gasteiger partial charge >= 0.3 is 0 Å². The topological polar surface area (TPSA) is 54.4 Å². The molecule has 0 heterocycles. The van der Waals surface area contributed by atoms with Crippen molar-refractivity contribution in [2.75, 3.05) is 6.61 Å². The maximum Gasteiger partial charge on any atom is 0.161 e. The minimum Gasteiger partial charge on any atom is -0.389 e. The van der Waals surface area contributed by atoms with E-state index in [4.69, 9.17) is 0 Å². The lowest BCUT2D eigenvalue weighted by Crippen LogP contribution is -2.47. The second-order valence-corrected chi connectivity index (χ2v) is 8.60. The quantitative estimate of drug-likeness (QED) is 0.850. The molecular weight excluding hydrogens is 288 g/mol. The first kappa shape index (κ1) is 15.6. The van der Waals surface area contributed by atoms with Gasteiger partial charge in [0.2, 0.25) is 0 Å². The zero-order valence-corrected chi connectivity index (χ0v) is 14.1. The smallest absolute Gasteiger partial charge is 0.161 e. The summed E-state index contributed by atoms with van der Waals surface area (Å²) >= 11 is 0. The van der Waals surface area contributed by atoms with Crippen molar-refractivity contribution in [3.8, 4) is 0 Å². The molecule has 0 unspecified atom stereocenters. The first-order valence-electron chi connectivity index (χ1n) is 9.41. The van der Waals surface area contributed by atoms with Gasteiger partial charge in [0, 0.05) is 12.3 Å². The van der Waals surface area contributed by atoms with Crippen LogP contribution >= 0.6 is 0 Å². The van der Waals surface area contributed by atoms with E-state index in [1.807, 2.05) is 6.08 Å². The second-order valence-electron chi connectivity index (χ2n) is 8.60. The minimum atomic E-state index is -0.293. The van der Waals surface area contributed by atoms with Gasteiger partial charge in [-0.15, -0.1) is 0 Å². The van der Waals surface area contributed by atoms with Crippen molar-refractivity contribution in [3.63, 3.8) is 0 Å². The van der Waals surface area contributed by atoms with Crippen LogP contribution in [0.15, 0.2) is 11.6 Å². The Labute approximate surface area is 138 Å². The predicted octanol–water partition coefficient (Wildman–Crippen LogP) is 3.31. The third kappa shape index (κ3) is 2.26. The van der Waals surface area contributed by atoms with Crippen LogP contribution in [-0.4, -0.2) is 23.3 Å². The third-order valence-electron chi connectivity index (χ3n) is 7.84. The molecule has 0 amide bonds. The summed E-state index contributed by atoms with van der Waals surface area (Å²) in [5.41, 5.74) is 1.53. The van der Waals surface area contributed by atoms with Gasteiger partial charge in [-0.1, -0.05) is 12.5 Å². The summed E-state index contributed by atoms with van der Waals surface area (Å²) in [4.78, 5) is 23.9. The van der Waals surface area contributed by atoms with E-state index in [-0.39, 0.29) is 23.7 Å². The minimum absolute atomic E-state index is 0.0631. The molecule has 4 aliphatic carbocycles. The number of allylic oxidation sites excluding steroid dienone is 1. The third-order valence-corrected chi connectivity index (χ3v) is 7.84. The Bertz CT molecular complexity index is 563. The zero-order valence-electron chi connectivity index (χ0n) is 14.1. The van der Waals surface area contributed by atoms with Crippen molar-refractivity contribution in [3.05, 3.63) is 11.6 Å². The van der Waals surface area contributed by atoms with E-state index < -0.39 is 0 Å². The highest BCUT2D eigenvalue weighted by Gasteiger charge is 2.57. The van der Waals surface area contributed by atoms with Crippen LogP contribution in [0.25, 0.3) is 0 Å². The lowest BCUT2D eigenvalue weighted by atomic mass is 9.51. The van der Waals surface area contributed by atoms with E-state index in [9.17, 15) is 14.7 Å². The Balaban J connectivity index is 1.60. The Morgan fingerprint density at radius 3 is 2.78 bits per heavy atom. The van der Waals surface area contributed by atoms with Crippen LogP contribution in [0.2, 0.25) is 0 Å². The van der Waals surface area contributed by atoms with Gasteiger partial charge in [0.05, 0.1) is 0 Å². The summed E-state index contributed by atoms with van der Waals surface area (Å²) in [6.07, 6.45) is 10.4. The van der Waals surface area contributed by atoms with Crippen molar-refractivity contribution in [2.24, 2.45) is 35.0 Å². The largest absolute Gasteiger partial charge is 0.389 e. The van der Waals surface area contributed by atoms with Crippen LogP contribution in [0.3, 0.4) is 0 Å². The van der Waals surface area contributed by atoms with Crippen LogP contribution in [0.5, 0.6) is 0 Å². The average Bonchev–Trinajstić information content (AvgIpc) is 2.90. The van der Waals surface area contributed by atoms with Gasteiger partial charge in [-0.2, -0.15) is 0 Å². The molecule has 0 aliphatic heterocycles. The molecular formula is C20H28O3. The monoisotopic (exact) mass is 316 g/mol. The molecule has 3 nitrogen and oxygen atoms in total. The molecule has 23 heavy (non-hydrogen) atoms. The number of ketones is 2. The molecule has 1 N–H and O–H groups in total. The number of carbonyl (C=O) groups is 2. The summed E-state index contributed by atoms with van der Waals surface area (Å²) < 4.78 is 0. The van der Waals surface area contributed by atoms with E-state index in [0.29, 0.717) is 17.6 Å². The molecule has 6 atom stereocenters. The van der Waals surface area contributed by atoms with Crippen LogP contribution < -0.4 is 0 Å². The van der Waals surface area contributed by atoms with Crippen LogP contribution in [0.1, 0.15) is 58.3 Å². The molecule has 3 heteroatoms. The summed E-state index contributed by atoms with van der Waals surface area (Å²) in [7, 11) is 0. The normalized spacial score (nSPS) is 45.7. The van der Waals surface area contributed by atoms with Crippen molar-refractivity contribution in [1.29, 1.82) is 0 Å². The highest BCUT2D eigenvalue weighted by Crippen LogP contribution is 2.63. The first-order valence-corrected chi connectivity index (χ1v) is 9.41. The van der Waals surface area contributed by atoms with Gasteiger partial charge in [0.15, 0.2) is 11.6 Å².